The Morgan fingerprint density at radius 2 is 1.67 bits per heavy atom. The number of hydrogen-bond acceptors (Lipinski definition) is 6. The van der Waals surface area contributed by atoms with Crippen LogP contribution in [0.5, 0.6) is 11.5 Å². The third kappa shape index (κ3) is 5.31. The molecular weight excluding hydrogens is 434 g/mol. The molecule has 33 heavy (non-hydrogen) atoms. The van der Waals surface area contributed by atoms with E-state index >= 15 is 0 Å². The second-order valence-corrected chi connectivity index (χ2v) is 9.12. The van der Waals surface area contributed by atoms with Crippen molar-refractivity contribution in [3.8, 4) is 11.5 Å². The molecular formula is C26H31N3O3S. The lowest BCUT2D eigenvalue weighted by molar-refractivity contribution is 0.0887. The Balaban J connectivity index is 1.46. The zero-order chi connectivity index (χ0) is 23.2. The Morgan fingerprint density at radius 1 is 0.939 bits per heavy atom. The van der Waals surface area contributed by atoms with Gasteiger partial charge in [-0.3, -0.25) is 9.69 Å². The summed E-state index contributed by atoms with van der Waals surface area (Å²) in [5.74, 6) is 1.34. The second-order valence-electron chi connectivity index (χ2n) is 8.14. The van der Waals surface area contributed by atoms with Crippen molar-refractivity contribution in [2.45, 2.75) is 19.0 Å². The van der Waals surface area contributed by atoms with Crippen LogP contribution in [0.1, 0.15) is 28.2 Å². The highest BCUT2D eigenvalue weighted by Gasteiger charge is 2.31. The number of carbonyl (C=O) groups excluding carboxylic acids is 1. The molecule has 7 heteroatoms. The molecule has 2 atom stereocenters. The van der Waals surface area contributed by atoms with Gasteiger partial charge in [0.25, 0.3) is 5.91 Å². The third-order valence-corrected chi connectivity index (χ3v) is 7.11. The fraction of sp³-hybridized carbons (Fsp3) is 0.346. The predicted octanol–water partition coefficient (Wildman–Crippen LogP) is 4.45. The van der Waals surface area contributed by atoms with Crippen molar-refractivity contribution in [2.24, 2.45) is 0 Å². The smallest absolute Gasteiger partial charge is 0.255 e. The number of methoxy groups -OCH3 is 2. The Bertz CT molecular complexity index is 1030. The molecule has 0 spiro atoms. The molecule has 1 fully saturated rings. The molecule has 0 saturated carbocycles. The standard InChI is InChI=1S/C26H31N3O3S/c1-19(27-26(30)22-7-4-5-8-23(22)32-3)25(24-9-6-18-33-24)29-16-14-28(15-17-29)20-10-12-21(31-2)13-11-20/h4-13,18-19,25H,14-17H2,1-3H3,(H,27,30)/t19-,25-/m1/s1. The van der Waals surface area contributed by atoms with Crippen LogP contribution in [0.25, 0.3) is 0 Å². The highest BCUT2D eigenvalue weighted by atomic mass is 32.1. The molecule has 0 unspecified atom stereocenters. The number of rotatable bonds is 8. The first-order valence-electron chi connectivity index (χ1n) is 11.2. The molecule has 3 aromatic rings. The van der Waals surface area contributed by atoms with E-state index < -0.39 is 0 Å². The molecule has 0 radical (unpaired) electrons. The molecule has 2 heterocycles. The van der Waals surface area contributed by atoms with E-state index in [9.17, 15) is 4.79 Å². The first-order valence-corrected chi connectivity index (χ1v) is 12.1. The predicted molar refractivity (Wildman–Crippen MR) is 134 cm³/mol. The zero-order valence-electron chi connectivity index (χ0n) is 19.4. The van der Waals surface area contributed by atoms with E-state index in [1.165, 1.54) is 10.6 Å². The van der Waals surface area contributed by atoms with Gasteiger partial charge in [-0.2, -0.15) is 0 Å². The number of anilines is 1. The number of para-hydroxylation sites is 1. The topological polar surface area (TPSA) is 54.0 Å². The lowest BCUT2D eigenvalue weighted by atomic mass is 10.0. The van der Waals surface area contributed by atoms with Gasteiger partial charge in [-0.15, -0.1) is 11.3 Å². The minimum Gasteiger partial charge on any atom is -0.497 e. The van der Waals surface area contributed by atoms with Crippen molar-refractivity contribution in [3.05, 3.63) is 76.5 Å². The van der Waals surface area contributed by atoms with Crippen LogP contribution in [0.4, 0.5) is 5.69 Å². The van der Waals surface area contributed by atoms with Crippen molar-refractivity contribution in [1.82, 2.24) is 10.2 Å². The maximum atomic E-state index is 13.1. The van der Waals surface area contributed by atoms with Crippen LogP contribution in [0.15, 0.2) is 66.0 Å². The molecule has 1 amide bonds. The number of ether oxygens (including phenoxy) is 2. The van der Waals surface area contributed by atoms with Crippen molar-refractivity contribution in [2.75, 3.05) is 45.3 Å². The number of thiophene rings is 1. The maximum Gasteiger partial charge on any atom is 0.255 e. The Labute approximate surface area is 199 Å². The van der Waals surface area contributed by atoms with Gasteiger partial charge >= 0.3 is 0 Å². The summed E-state index contributed by atoms with van der Waals surface area (Å²) in [5, 5.41) is 5.33. The summed E-state index contributed by atoms with van der Waals surface area (Å²) >= 11 is 1.74. The molecule has 1 aliphatic heterocycles. The van der Waals surface area contributed by atoms with E-state index in [-0.39, 0.29) is 18.0 Å². The van der Waals surface area contributed by atoms with Crippen LogP contribution in [-0.4, -0.2) is 57.2 Å². The molecule has 4 rings (SSSR count). The van der Waals surface area contributed by atoms with Gasteiger partial charge in [-0.05, 0) is 54.8 Å². The van der Waals surface area contributed by atoms with Gasteiger partial charge in [0.15, 0.2) is 0 Å². The molecule has 0 bridgehead atoms. The van der Waals surface area contributed by atoms with E-state index in [1.54, 1.807) is 31.6 Å². The molecule has 1 saturated heterocycles. The van der Waals surface area contributed by atoms with Crippen LogP contribution in [0, 0.1) is 0 Å². The molecule has 174 valence electrons. The fourth-order valence-corrected chi connectivity index (χ4v) is 5.41. The number of hydrogen-bond donors (Lipinski definition) is 1. The lowest BCUT2D eigenvalue weighted by Crippen LogP contribution is -2.52. The SMILES string of the molecule is COc1ccc(N2CCN([C@@H](c3cccs3)[C@@H](C)NC(=O)c3ccccc3OC)CC2)cc1. The maximum absolute atomic E-state index is 13.1. The van der Waals surface area contributed by atoms with E-state index in [0.29, 0.717) is 11.3 Å². The second kappa shape index (κ2) is 10.7. The molecule has 2 aromatic carbocycles. The van der Waals surface area contributed by atoms with Crippen molar-refractivity contribution in [3.63, 3.8) is 0 Å². The summed E-state index contributed by atoms with van der Waals surface area (Å²) in [5.41, 5.74) is 1.77. The molecule has 1 aliphatic rings. The van der Waals surface area contributed by atoms with E-state index in [1.807, 2.05) is 30.3 Å². The van der Waals surface area contributed by atoms with Gasteiger partial charge in [0.05, 0.1) is 25.8 Å². The summed E-state index contributed by atoms with van der Waals surface area (Å²) in [4.78, 5) is 19.2. The van der Waals surface area contributed by atoms with Gasteiger partial charge in [0, 0.05) is 42.8 Å². The highest BCUT2D eigenvalue weighted by molar-refractivity contribution is 7.10. The minimum atomic E-state index is -0.113. The molecule has 0 aliphatic carbocycles. The molecule has 1 aromatic heterocycles. The summed E-state index contributed by atoms with van der Waals surface area (Å²) < 4.78 is 10.7. The summed E-state index contributed by atoms with van der Waals surface area (Å²) in [6, 6.07) is 19.9. The van der Waals surface area contributed by atoms with Crippen molar-refractivity contribution < 1.29 is 14.3 Å². The van der Waals surface area contributed by atoms with Gasteiger partial charge < -0.3 is 19.7 Å². The zero-order valence-corrected chi connectivity index (χ0v) is 20.2. The fourth-order valence-electron chi connectivity index (χ4n) is 4.45. The minimum absolute atomic E-state index is 0.0615. The van der Waals surface area contributed by atoms with Crippen LogP contribution in [0.2, 0.25) is 0 Å². The number of carbonyl (C=O) groups is 1. The van der Waals surface area contributed by atoms with Crippen LogP contribution in [-0.2, 0) is 0 Å². The van der Waals surface area contributed by atoms with Crippen LogP contribution >= 0.6 is 11.3 Å². The number of piperazine rings is 1. The molecule has 6 nitrogen and oxygen atoms in total. The quantitative estimate of drug-likeness (QED) is 0.533. The first kappa shape index (κ1) is 23.1. The molecule has 1 N–H and O–H groups in total. The van der Waals surface area contributed by atoms with Crippen molar-refractivity contribution in [1.29, 1.82) is 0 Å². The van der Waals surface area contributed by atoms with E-state index in [4.69, 9.17) is 9.47 Å². The largest absolute Gasteiger partial charge is 0.497 e. The number of nitrogens with zero attached hydrogens (tertiary/aromatic N) is 2. The Kier molecular flexibility index (Phi) is 7.52. The van der Waals surface area contributed by atoms with Crippen molar-refractivity contribution >= 4 is 22.9 Å². The number of amides is 1. The number of benzene rings is 2. The van der Waals surface area contributed by atoms with Gasteiger partial charge in [-0.1, -0.05) is 18.2 Å². The van der Waals surface area contributed by atoms with Gasteiger partial charge in [-0.25, -0.2) is 0 Å². The normalized spacial score (nSPS) is 16.2. The van der Waals surface area contributed by atoms with Gasteiger partial charge in [0.1, 0.15) is 11.5 Å². The highest BCUT2D eigenvalue weighted by Crippen LogP contribution is 2.31. The summed E-state index contributed by atoms with van der Waals surface area (Å²) in [6.07, 6.45) is 0. The van der Waals surface area contributed by atoms with Crippen LogP contribution < -0.4 is 19.7 Å². The third-order valence-electron chi connectivity index (χ3n) is 6.16. The summed E-state index contributed by atoms with van der Waals surface area (Å²) in [7, 11) is 3.28. The Morgan fingerprint density at radius 3 is 2.30 bits per heavy atom. The average molecular weight is 466 g/mol. The average Bonchev–Trinajstić information content (AvgIpc) is 3.39. The lowest BCUT2D eigenvalue weighted by Gasteiger charge is -2.42. The Hall–Kier alpha value is -3.03. The monoisotopic (exact) mass is 465 g/mol. The summed E-state index contributed by atoms with van der Waals surface area (Å²) in [6.45, 7) is 5.79. The van der Waals surface area contributed by atoms with Crippen LogP contribution in [0.3, 0.4) is 0 Å². The number of nitrogens with one attached hydrogen (secondary N) is 1. The van der Waals surface area contributed by atoms with E-state index in [2.05, 4.69) is 51.7 Å². The van der Waals surface area contributed by atoms with Gasteiger partial charge in [0.2, 0.25) is 0 Å². The van der Waals surface area contributed by atoms with E-state index in [0.717, 1.165) is 31.9 Å². The first-order chi connectivity index (χ1) is 16.1.